The monoisotopic (exact) mass is 413 g/mol. The molecule has 2 aromatic heterocycles. The van der Waals surface area contributed by atoms with Gasteiger partial charge in [0, 0.05) is 11.1 Å². The number of benzene rings is 2. The second-order valence-corrected chi connectivity index (χ2v) is 6.78. The van der Waals surface area contributed by atoms with Crippen LogP contribution >= 0.6 is 0 Å². The van der Waals surface area contributed by atoms with Crippen LogP contribution in [0.5, 0.6) is 0 Å². The number of hydrogen-bond acceptors (Lipinski definition) is 6. The molecular formula is C24H19N3O4. The van der Waals surface area contributed by atoms with Crippen molar-refractivity contribution < 1.29 is 18.7 Å². The van der Waals surface area contributed by atoms with Crippen LogP contribution in [-0.4, -0.2) is 24.0 Å². The fourth-order valence-electron chi connectivity index (χ4n) is 3.05. The molecular weight excluding hydrogens is 394 g/mol. The molecule has 0 saturated carbocycles. The van der Waals surface area contributed by atoms with Crippen molar-refractivity contribution in [3.8, 4) is 0 Å². The van der Waals surface area contributed by atoms with Crippen molar-refractivity contribution in [3.05, 3.63) is 95.2 Å². The van der Waals surface area contributed by atoms with E-state index >= 15 is 0 Å². The summed E-state index contributed by atoms with van der Waals surface area (Å²) in [4.78, 5) is 33.7. The molecule has 0 fully saturated rings. The first-order valence-corrected chi connectivity index (χ1v) is 9.54. The Bertz CT molecular complexity index is 1360. The number of carbonyl (C=O) groups is 2. The van der Waals surface area contributed by atoms with Crippen LogP contribution in [0.15, 0.2) is 82.2 Å². The van der Waals surface area contributed by atoms with Crippen LogP contribution in [-0.2, 0) is 4.74 Å². The Morgan fingerprint density at radius 2 is 1.81 bits per heavy atom. The number of hydrogen-bond donors (Lipinski definition) is 1. The van der Waals surface area contributed by atoms with Crippen LogP contribution in [0.3, 0.4) is 0 Å². The Morgan fingerprint density at radius 3 is 2.61 bits per heavy atom. The normalized spacial score (nSPS) is 11.4. The largest absolute Gasteiger partial charge is 0.465 e. The van der Waals surface area contributed by atoms with Crippen molar-refractivity contribution in [3.63, 3.8) is 0 Å². The van der Waals surface area contributed by atoms with Gasteiger partial charge in [0.15, 0.2) is 0 Å². The summed E-state index contributed by atoms with van der Waals surface area (Å²) in [6, 6.07) is 21.0. The predicted octanol–water partition coefficient (Wildman–Crippen LogP) is 4.41. The lowest BCUT2D eigenvalue weighted by Crippen LogP contribution is -2.22. The first-order chi connectivity index (χ1) is 15.0. The van der Waals surface area contributed by atoms with E-state index in [0.29, 0.717) is 22.7 Å². The number of rotatable bonds is 4. The molecule has 0 aliphatic rings. The molecule has 0 bridgehead atoms. The standard InChI is InChI=1S/C24H19N3O4/c1-15-7-5-12-21(25-15)27-22(28)19-14-16-8-3-4-11-20(16)31-23(19)26-18-10-6-9-17(13-18)24(29)30-2/h3-14H,1-2H3,(H,25,27,28). The van der Waals surface area contributed by atoms with Gasteiger partial charge < -0.3 is 14.5 Å². The average Bonchev–Trinajstić information content (AvgIpc) is 2.78. The number of anilines is 1. The number of nitrogens with one attached hydrogen (secondary N) is 1. The summed E-state index contributed by atoms with van der Waals surface area (Å²) >= 11 is 0. The number of para-hydroxylation sites is 1. The van der Waals surface area contributed by atoms with Crippen molar-refractivity contribution >= 4 is 34.4 Å². The zero-order valence-corrected chi connectivity index (χ0v) is 17.0. The number of ether oxygens (including phenoxy) is 1. The van der Waals surface area contributed by atoms with E-state index < -0.39 is 11.9 Å². The van der Waals surface area contributed by atoms with E-state index in [-0.39, 0.29) is 11.1 Å². The zero-order valence-electron chi connectivity index (χ0n) is 17.0. The maximum absolute atomic E-state index is 13.1. The van der Waals surface area contributed by atoms with Crippen LogP contribution in [0.4, 0.5) is 11.5 Å². The van der Waals surface area contributed by atoms with E-state index in [1.54, 1.807) is 42.5 Å². The maximum Gasteiger partial charge on any atom is 0.337 e. The van der Waals surface area contributed by atoms with Crippen molar-refractivity contribution in [1.82, 2.24) is 4.98 Å². The third-order valence-electron chi connectivity index (χ3n) is 4.53. The first kappa shape index (κ1) is 20.0. The van der Waals surface area contributed by atoms with Gasteiger partial charge in [-0.15, -0.1) is 0 Å². The molecule has 4 rings (SSSR count). The molecule has 0 aliphatic carbocycles. The molecule has 154 valence electrons. The summed E-state index contributed by atoms with van der Waals surface area (Å²) in [6.45, 7) is 1.84. The number of aryl methyl sites for hydroxylation is 1. The Morgan fingerprint density at radius 1 is 1.00 bits per heavy atom. The predicted molar refractivity (Wildman–Crippen MR) is 116 cm³/mol. The van der Waals surface area contributed by atoms with E-state index in [1.807, 2.05) is 37.3 Å². The van der Waals surface area contributed by atoms with E-state index in [4.69, 9.17) is 9.15 Å². The molecule has 0 aliphatic heterocycles. The van der Waals surface area contributed by atoms with Gasteiger partial charge >= 0.3 is 5.97 Å². The van der Waals surface area contributed by atoms with Gasteiger partial charge in [-0.25, -0.2) is 14.8 Å². The van der Waals surface area contributed by atoms with Crippen LogP contribution in [0.25, 0.3) is 11.0 Å². The molecule has 1 N–H and O–H groups in total. The number of amides is 1. The van der Waals surface area contributed by atoms with Gasteiger partial charge in [0.05, 0.1) is 18.4 Å². The minimum atomic E-state index is -0.476. The Hall–Kier alpha value is -4.26. The molecule has 0 atom stereocenters. The topological polar surface area (TPSA) is 93.8 Å². The number of aromatic nitrogens is 1. The van der Waals surface area contributed by atoms with E-state index in [9.17, 15) is 9.59 Å². The molecule has 0 saturated heterocycles. The average molecular weight is 413 g/mol. The highest BCUT2D eigenvalue weighted by Gasteiger charge is 2.14. The lowest BCUT2D eigenvalue weighted by atomic mass is 10.1. The van der Waals surface area contributed by atoms with Crippen molar-refractivity contribution in [2.75, 3.05) is 12.4 Å². The minimum Gasteiger partial charge on any atom is -0.465 e. The molecule has 7 heteroatoms. The summed E-state index contributed by atoms with van der Waals surface area (Å²) in [5, 5.41) is 3.54. The highest BCUT2D eigenvalue weighted by atomic mass is 16.5. The fourth-order valence-corrected chi connectivity index (χ4v) is 3.05. The Kier molecular flexibility index (Phi) is 5.57. The lowest BCUT2D eigenvalue weighted by molar-refractivity contribution is 0.0600. The van der Waals surface area contributed by atoms with Crippen LogP contribution in [0.2, 0.25) is 0 Å². The summed E-state index contributed by atoms with van der Waals surface area (Å²) in [5.41, 5.74) is 2.52. The van der Waals surface area contributed by atoms with Crippen LogP contribution in [0.1, 0.15) is 26.4 Å². The summed E-state index contributed by atoms with van der Waals surface area (Å²) < 4.78 is 10.7. The molecule has 0 spiro atoms. The summed E-state index contributed by atoms with van der Waals surface area (Å²) in [6.07, 6.45) is 0. The molecule has 7 nitrogen and oxygen atoms in total. The number of nitrogens with zero attached hydrogens (tertiary/aromatic N) is 2. The van der Waals surface area contributed by atoms with Gasteiger partial charge in [0.25, 0.3) is 5.91 Å². The number of pyridine rings is 1. The Labute approximate surface area is 178 Å². The second kappa shape index (κ2) is 8.62. The van der Waals surface area contributed by atoms with E-state index in [0.717, 1.165) is 11.1 Å². The highest BCUT2D eigenvalue weighted by molar-refractivity contribution is 6.05. The van der Waals surface area contributed by atoms with Gasteiger partial charge in [-0.05, 0) is 49.4 Å². The van der Waals surface area contributed by atoms with Gasteiger partial charge in [-0.3, -0.25) is 4.79 Å². The van der Waals surface area contributed by atoms with Crippen molar-refractivity contribution in [2.24, 2.45) is 4.99 Å². The number of fused-ring (bicyclic) bond motifs is 1. The van der Waals surface area contributed by atoms with Crippen molar-refractivity contribution in [2.45, 2.75) is 6.92 Å². The maximum atomic E-state index is 13.1. The Balaban J connectivity index is 1.83. The molecule has 4 aromatic rings. The molecule has 2 aromatic carbocycles. The number of carbonyl (C=O) groups excluding carboxylic acids is 2. The van der Waals surface area contributed by atoms with Gasteiger partial charge in [-0.1, -0.05) is 30.3 Å². The molecule has 0 unspecified atom stereocenters. The number of methoxy groups -OCH3 is 1. The van der Waals surface area contributed by atoms with Gasteiger partial charge in [-0.2, -0.15) is 0 Å². The van der Waals surface area contributed by atoms with Gasteiger partial charge in [0.1, 0.15) is 17.0 Å². The van der Waals surface area contributed by atoms with E-state index in [1.165, 1.54) is 7.11 Å². The molecule has 0 radical (unpaired) electrons. The quantitative estimate of drug-likeness (QED) is 0.500. The number of esters is 1. The summed E-state index contributed by atoms with van der Waals surface area (Å²) in [5.74, 6) is -0.455. The van der Waals surface area contributed by atoms with Crippen LogP contribution < -0.4 is 10.9 Å². The minimum absolute atomic E-state index is 0.117. The van der Waals surface area contributed by atoms with Gasteiger partial charge in [0.2, 0.25) is 5.55 Å². The smallest absolute Gasteiger partial charge is 0.337 e. The third-order valence-corrected chi connectivity index (χ3v) is 4.53. The second-order valence-electron chi connectivity index (χ2n) is 6.78. The zero-order chi connectivity index (χ0) is 21.8. The first-order valence-electron chi connectivity index (χ1n) is 9.54. The molecule has 2 heterocycles. The van der Waals surface area contributed by atoms with Crippen LogP contribution in [0, 0.1) is 6.92 Å². The van der Waals surface area contributed by atoms with Crippen molar-refractivity contribution in [1.29, 1.82) is 0 Å². The SMILES string of the molecule is COC(=O)c1cccc(N=c2oc3ccccc3cc2C(=O)Nc2cccc(C)n2)c1. The fraction of sp³-hybridized carbons (Fsp3) is 0.0833. The van der Waals surface area contributed by atoms with E-state index in [2.05, 4.69) is 15.3 Å². The molecule has 31 heavy (non-hydrogen) atoms. The lowest BCUT2D eigenvalue weighted by Gasteiger charge is -2.07. The molecule has 1 amide bonds. The third kappa shape index (κ3) is 4.51. The highest BCUT2D eigenvalue weighted by Crippen LogP contribution is 2.17. The summed E-state index contributed by atoms with van der Waals surface area (Å²) in [7, 11) is 1.31.